The van der Waals surface area contributed by atoms with Crippen LogP contribution in [0.15, 0.2) is 6.33 Å². The Morgan fingerprint density at radius 1 is 1.29 bits per heavy atom. The summed E-state index contributed by atoms with van der Waals surface area (Å²) in [7, 11) is 0. The third-order valence-corrected chi connectivity index (χ3v) is 4.61. The maximum Gasteiger partial charge on any atom is 0.391 e. The monoisotopic (exact) mass is 301 g/mol. The number of nitrogens with zero attached hydrogens (tertiary/aromatic N) is 2. The second kappa shape index (κ2) is 5.35. The molecule has 1 aliphatic carbocycles. The van der Waals surface area contributed by atoms with Gasteiger partial charge in [0.1, 0.15) is 0 Å². The average Bonchev–Trinajstić information content (AvgIpc) is 2.93. The molecule has 0 bridgehead atoms. The Bertz CT molecular complexity index is 518. The molecule has 1 amide bonds. The number of hydrogen-bond acceptors (Lipinski definition) is 2. The van der Waals surface area contributed by atoms with Crippen LogP contribution in [0.25, 0.3) is 0 Å². The minimum Gasteiger partial charge on any atom is -0.348 e. The molecule has 116 valence electrons. The van der Waals surface area contributed by atoms with Crippen LogP contribution in [-0.2, 0) is 17.6 Å². The fraction of sp³-hybridized carbons (Fsp3) is 0.714. The van der Waals surface area contributed by atoms with Gasteiger partial charge in [0, 0.05) is 31.1 Å². The van der Waals surface area contributed by atoms with E-state index in [2.05, 4.69) is 9.97 Å². The Balaban J connectivity index is 1.58. The smallest absolute Gasteiger partial charge is 0.348 e. The highest BCUT2D eigenvalue weighted by Crippen LogP contribution is 2.35. The van der Waals surface area contributed by atoms with E-state index in [0.717, 1.165) is 24.2 Å². The number of carbonyl (C=O) groups is 1. The largest absolute Gasteiger partial charge is 0.391 e. The number of rotatable bonds is 1. The number of aromatic nitrogens is 2. The molecule has 0 radical (unpaired) electrons. The maximum atomic E-state index is 12.6. The number of piperidine rings is 1. The first-order valence-electron chi connectivity index (χ1n) is 7.32. The molecule has 1 N–H and O–H groups in total. The number of nitrogens with one attached hydrogen (secondary N) is 1. The van der Waals surface area contributed by atoms with Crippen LogP contribution in [0, 0.1) is 11.8 Å². The van der Waals surface area contributed by atoms with E-state index in [-0.39, 0.29) is 37.8 Å². The lowest BCUT2D eigenvalue weighted by molar-refractivity contribution is -0.187. The standard InChI is InChI=1S/C14H18F3N3O/c15-14(16,17)10-3-5-20(6-4-10)13(21)9-1-2-11-12(7-9)19-8-18-11/h8-10H,1-7H2,(H,18,19). The first kappa shape index (κ1) is 14.4. The minimum atomic E-state index is -4.13. The first-order valence-corrected chi connectivity index (χ1v) is 7.32. The van der Waals surface area contributed by atoms with Crippen LogP contribution in [0.2, 0.25) is 0 Å². The minimum absolute atomic E-state index is 0.00382. The summed E-state index contributed by atoms with van der Waals surface area (Å²) in [5, 5.41) is 0. The number of H-pyrrole nitrogens is 1. The van der Waals surface area contributed by atoms with Gasteiger partial charge in [-0.1, -0.05) is 0 Å². The molecule has 1 atom stereocenters. The fourth-order valence-electron chi connectivity index (χ4n) is 3.30. The molecule has 21 heavy (non-hydrogen) atoms. The summed E-state index contributed by atoms with van der Waals surface area (Å²) in [6.07, 6.45) is -0.344. The lowest BCUT2D eigenvalue weighted by atomic mass is 9.87. The van der Waals surface area contributed by atoms with Gasteiger partial charge < -0.3 is 9.88 Å². The molecule has 0 saturated carbocycles. The number of fused-ring (bicyclic) bond motifs is 1. The lowest BCUT2D eigenvalue weighted by Crippen LogP contribution is -2.45. The van der Waals surface area contributed by atoms with E-state index in [4.69, 9.17) is 0 Å². The van der Waals surface area contributed by atoms with Crippen molar-refractivity contribution >= 4 is 5.91 Å². The number of amides is 1. The van der Waals surface area contributed by atoms with Crippen LogP contribution in [-0.4, -0.2) is 40.0 Å². The number of imidazole rings is 1. The van der Waals surface area contributed by atoms with Gasteiger partial charge in [-0.15, -0.1) is 0 Å². The molecule has 0 spiro atoms. The molecular formula is C14H18F3N3O. The van der Waals surface area contributed by atoms with Gasteiger partial charge in [-0.25, -0.2) is 4.98 Å². The van der Waals surface area contributed by atoms with Crippen molar-refractivity contribution in [3.05, 3.63) is 17.7 Å². The summed E-state index contributed by atoms with van der Waals surface area (Å²) >= 11 is 0. The second-order valence-corrected chi connectivity index (χ2v) is 5.91. The van der Waals surface area contributed by atoms with Crippen LogP contribution < -0.4 is 0 Å². The summed E-state index contributed by atoms with van der Waals surface area (Å²) in [6, 6.07) is 0. The van der Waals surface area contributed by atoms with Crippen LogP contribution in [0.1, 0.15) is 30.7 Å². The molecule has 2 aliphatic rings. The highest BCUT2D eigenvalue weighted by atomic mass is 19.4. The highest BCUT2D eigenvalue weighted by Gasteiger charge is 2.42. The molecule has 1 aromatic rings. The van der Waals surface area contributed by atoms with Gasteiger partial charge >= 0.3 is 6.18 Å². The number of aromatic amines is 1. The van der Waals surface area contributed by atoms with Crippen molar-refractivity contribution in [3.63, 3.8) is 0 Å². The van der Waals surface area contributed by atoms with Gasteiger partial charge in [0.15, 0.2) is 0 Å². The average molecular weight is 301 g/mol. The molecule has 7 heteroatoms. The first-order chi connectivity index (χ1) is 9.95. The molecule has 1 fully saturated rings. The van der Waals surface area contributed by atoms with Crippen molar-refractivity contribution in [1.29, 1.82) is 0 Å². The zero-order valence-corrected chi connectivity index (χ0v) is 11.6. The molecule has 3 rings (SSSR count). The SMILES string of the molecule is O=C(C1CCc2nc[nH]c2C1)N1CCC(C(F)(F)F)CC1. The van der Waals surface area contributed by atoms with Crippen molar-refractivity contribution in [3.8, 4) is 0 Å². The number of hydrogen-bond donors (Lipinski definition) is 1. The molecule has 4 nitrogen and oxygen atoms in total. The lowest BCUT2D eigenvalue weighted by Gasteiger charge is -2.35. The van der Waals surface area contributed by atoms with E-state index in [0.29, 0.717) is 6.42 Å². The number of carbonyl (C=O) groups excluding carboxylic acids is 1. The zero-order chi connectivity index (χ0) is 15.0. The summed E-state index contributed by atoms with van der Waals surface area (Å²) in [6.45, 7) is 0.435. The Morgan fingerprint density at radius 2 is 2.00 bits per heavy atom. The quantitative estimate of drug-likeness (QED) is 0.865. The molecule has 1 aromatic heterocycles. The summed E-state index contributed by atoms with van der Waals surface area (Å²) < 4.78 is 37.9. The Morgan fingerprint density at radius 3 is 2.67 bits per heavy atom. The number of likely N-dealkylation sites (tertiary alicyclic amines) is 1. The Labute approximate surface area is 120 Å². The number of halogens is 3. The van der Waals surface area contributed by atoms with Gasteiger partial charge in [-0.2, -0.15) is 13.2 Å². The third kappa shape index (κ3) is 2.91. The highest BCUT2D eigenvalue weighted by molar-refractivity contribution is 5.79. The summed E-state index contributed by atoms with van der Waals surface area (Å²) in [4.78, 5) is 21.3. The van der Waals surface area contributed by atoms with Crippen LogP contribution in [0.5, 0.6) is 0 Å². The van der Waals surface area contributed by atoms with Gasteiger partial charge in [0.2, 0.25) is 5.91 Å². The van der Waals surface area contributed by atoms with Gasteiger partial charge in [0.25, 0.3) is 0 Å². The predicted octanol–water partition coefficient (Wildman–Crippen LogP) is 2.32. The van der Waals surface area contributed by atoms with Gasteiger partial charge in [-0.3, -0.25) is 4.79 Å². The van der Waals surface area contributed by atoms with E-state index in [9.17, 15) is 18.0 Å². The normalized spacial score (nSPS) is 24.0. The molecule has 1 saturated heterocycles. The van der Waals surface area contributed by atoms with E-state index in [1.165, 1.54) is 0 Å². The number of alkyl halides is 3. The van der Waals surface area contributed by atoms with Gasteiger partial charge in [-0.05, 0) is 25.7 Å². The fourth-order valence-corrected chi connectivity index (χ4v) is 3.30. The molecule has 0 aromatic carbocycles. The van der Waals surface area contributed by atoms with Crippen molar-refractivity contribution in [2.45, 2.75) is 38.3 Å². The van der Waals surface area contributed by atoms with E-state index >= 15 is 0 Å². The van der Waals surface area contributed by atoms with Crippen LogP contribution >= 0.6 is 0 Å². The molecule has 1 unspecified atom stereocenters. The topological polar surface area (TPSA) is 49.0 Å². The van der Waals surface area contributed by atoms with Crippen molar-refractivity contribution in [2.75, 3.05) is 13.1 Å². The van der Waals surface area contributed by atoms with Crippen LogP contribution in [0.4, 0.5) is 13.2 Å². The second-order valence-electron chi connectivity index (χ2n) is 5.91. The van der Waals surface area contributed by atoms with Crippen molar-refractivity contribution in [1.82, 2.24) is 14.9 Å². The molecule has 2 heterocycles. The summed E-state index contributed by atoms with van der Waals surface area (Å²) in [5.41, 5.74) is 2.00. The molecular weight excluding hydrogens is 283 g/mol. The van der Waals surface area contributed by atoms with E-state index in [1.807, 2.05) is 0 Å². The third-order valence-electron chi connectivity index (χ3n) is 4.61. The number of aryl methyl sites for hydroxylation is 1. The Kier molecular flexibility index (Phi) is 3.67. The predicted molar refractivity (Wildman–Crippen MR) is 69.5 cm³/mol. The van der Waals surface area contributed by atoms with E-state index in [1.54, 1.807) is 11.2 Å². The van der Waals surface area contributed by atoms with Gasteiger partial charge in [0.05, 0.1) is 17.9 Å². The van der Waals surface area contributed by atoms with Crippen molar-refractivity contribution in [2.24, 2.45) is 11.8 Å². The summed E-state index contributed by atoms with van der Waals surface area (Å²) in [5.74, 6) is -1.39. The molecule has 1 aliphatic heterocycles. The maximum absolute atomic E-state index is 12.6. The van der Waals surface area contributed by atoms with Crippen LogP contribution in [0.3, 0.4) is 0 Å². The zero-order valence-electron chi connectivity index (χ0n) is 11.6. The Hall–Kier alpha value is -1.53. The van der Waals surface area contributed by atoms with E-state index < -0.39 is 12.1 Å². The van der Waals surface area contributed by atoms with Crippen molar-refractivity contribution < 1.29 is 18.0 Å².